The van der Waals surface area contributed by atoms with E-state index in [0.717, 1.165) is 31.4 Å². The van der Waals surface area contributed by atoms with Crippen molar-refractivity contribution in [2.24, 2.45) is 0 Å². The first-order chi connectivity index (χ1) is 6.84. The molecule has 1 aliphatic heterocycles. The molecule has 1 aromatic heterocycles. The zero-order valence-corrected chi connectivity index (χ0v) is 9.09. The standard InChI is InChI=1S/C9H15N3OS/c1-12-3-4-13-8(7-12)6-11-9-10-2-5-14-9/h2,5,8H,3-4,6-7H2,1H3,(H,10,11). The van der Waals surface area contributed by atoms with E-state index in [4.69, 9.17) is 4.74 Å². The first-order valence-corrected chi connectivity index (χ1v) is 5.66. The number of aromatic nitrogens is 1. The fourth-order valence-electron chi connectivity index (χ4n) is 1.50. The Morgan fingerprint density at radius 2 is 2.71 bits per heavy atom. The predicted octanol–water partition coefficient (Wildman–Crippen LogP) is 0.886. The summed E-state index contributed by atoms with van der Waals surface area (Å²) in [6.07, 6.45) is 2.10. The number of morpholine rings is 1. The van der Waals surface area contributed by atoms with E-state index in [2.05, 4.69) is 22.2 Å². The quantitative estimate of drug-likeness (QED) is 0.809. The Morgan fingerprint density at radius 3 is 3.43 bits per heavy atom. The number of nitrogens with one attached hydrogen (secondary N) is 1. The van der Waals surface area contributed by atoms with Crippen molar-refractivity contribution in [3.63, 3.8) is 0 Å². The lowest BCUT2D eigenvalue weighted by molar-refractivity contribution is -0.0117. The normalized spacial score (nSPS) is 23.6. The third kappa shape index (κ3) is 2.67. The van der Waals surface area contributed by atoms with E-state index in [1.165, 1.54) is 0 Å². The van der Waals surface area contributed by atoms with Crippen LogP contribution in [0, 0.1) is 0 Å². The Hall–Kier alpha value is -0.650. The molecule has 1 N–H and O–H groups in total. The highest BCUT2D eigenvalue weighted by Crippen LogP contribution is 2.11. The molecule has 0 radical (unpaired) electrons. The lowest BCUT2D eigenvalue weighted by atomic mass is 10.3. The number of hydrogen-bond acceptors (Lipinski definition) is 5. The second-order valence-corrected chi connectivity index (χ2v) is 4.37. The largest absolute Gasteiger partial charge is 0.374 e. The first kappa shape index (κ1) is 9.89. The van der Waals surface area contributed by atoms with Crippen LogP contribution in [0.5, 0.6) is 0 Å². The molecule has 1 fully saturated rings. The van der Waals surface area contributed by atoms with Crippen molar-refractivity contribution in [3.05, 3.63) is 11.6 Å². The van der Waals surface area contributed by atoms with Crippen LogP contribution in [-0.2, 0) is 4.74 Å². The van der Waals surface area contributed by atoms with Crippen LogP contribution in [0.4, 0.5) is 5.13 Å². The van der Waals surface area contributed by atoms with Gasteiger partial charge in [-0.15, -0.1) is 11.3 Å². The molecule has 0 bridgehead atoms. The van der Waals surface area contributed by atoms with Crippen molar-refractivity contribution in [2.75, 3.05) is 38.6 Å². The molecule has 5 heteroatoms. The molecule has 0 aliphatic carbocycles. The smallest absolute Gasteiger partial charge is 0.182 e. The van der Waals surface area contributed by atoms with Crippen LogP contribution in [0.3, 0.4) is 0 Å². The maximum atomic E-state index is 5.62. The molecule has 2 heterocycles. The summed E-state index contributed by atoms with van der Waals surface area (Å²) in [6, 6.07) is 0. The Kier molecular flexibility index (Phi) is 3.34. The first-order valence-electron chi connectivity index (χ1n) is 4.78. The summed E-state index contributed by atoms with van der Waals surface area (Å²) >= 11 is 1.62. The SMILES string of the molecule is CN1CCOC(CNc2nccs2)C1. The van der Waals surface area contributed by atoms with Crippen molar-refractivity contribution in [1.82, 2.24) is 9.88 Å². The Morgan fingerprint density at radius 1 is 1.79 bits per heavy atom. The molecule has 0 aromatic carbocycles. The van der Waals surface area contributed by atoms with Crippen molar-refractivity contribution >= 4 is 16.5 Å². The van der Waals surface area contributed by atoms with Crippen LogP contribution in [0.15, 0.2) is 11.6 Å². The summed E-state index contributed by atoms with van der Waals surface area (Å²) < 4.78 is 5.62. The molecule has 0 spiro atoms. The average molecular weight is 213 g/mol. The van der Waals surface area contributed by atoms with E-state index in [1.54, 1.807) is 17.5 Å². The maximum absolute atomic E-state index is 5.62. The molecule has 1 aliphatic rings. The van der Waals surface area contributed by atoms with Gasteiger partial charge in [0.15, 0.2) is 5.13 Å². The Balaban J connectivity index is 1.75. The number of nitrogens with zero attached hydrogens (tertiary/aromatic N) is 2. The molecule has 1 saturated heterocycles. The molecule has 0 saturated carbocycles. The number of ether oxygens (including phenoxy) is 1. The fourth-order valence-corrected chi connectivity index (χ4v) is 2.04. The van der Waals surface area contributed by atoms with E-state index < -0.39 is 0 Å². The minimum Gasteiger partial charge on any atom is -0.374 e. The fraction of sp³-hybridized carbons (Fsp3) is 0.667. The van der Waals surface area contributed by atoms with Crippen molar-refractivity contribution in [1.29, 1.82) is 0 Å². The second kappa shape index (κ2) is 4.72. The molecule has 1 unspecified atom stereocenters. The van der Waals surface area contributed by atoms with Gasteiger partial charge >= 0.3 is 0 Å². The van der Waals surface area contributed by atoms with E-state index in [1.807, 2.05) is 5.38 Å². The molecule has 1 aromatic rings. The molecule has 4 nitrogen and oxygen atoms in total. The van der Waals surface area contributed by atoms with Crippen LogP contribution >= 0.6 is 11.3 Å². The van der Waals surface area contributed by atoms with Crippen LogP contribution in [-0.4, -0.2) is 49.3 Å². The van der Waals surface area contributed by atoms with Gasteiger partial charge in [-0.2, -0.15) is 0 Å². The maximum Gasteiger partial charge on any atom is 0.182 e. The molecule has 2 rings (SSSR count). The highest BCUT2D eigenvalue weighted by Gasteiger charge is 2.17. The van der Waals surface area contributed by atoms with E-state index in [-0.39, 0.29) is 6.10 Å². The molecular weight excluding hydrogens is 198 g/mol. The zero-order valence-electron chi connectivity index (χ0n) is 8.27. The van der Waals surface area contributed by atoms with Crippen molar-refractivity contribution in [2.45, 2.75) is 6.10 Å². The molecule has 14 heavy (non-hydrogen) atoms. The van der Waals surface area contributed by atoms with Crippen LogP contribution in [0.2, 0.25) is 0 Å². The lowest BCUT2D eigenvalue weighted by Crippen LogP contribution is -2.43. The monoisotopic (exact) mass is 213 g/mol. The van der Waals surface area contributed by atoms with Crippen LogP contribution < -0.4 is 5.32 Å². The average Bonchev–Trinajstić information content (AvgIpc) is 2.67. The van der Waals surface area contributed by atoms with Gasteiger partial charge in [-0.05, 0) is 7.05 Å². The Labute approximate surface area is 87.9 Å². The zero-order chi connectivity index (χ0) is 9.80. The van der Waals surface area contributed by atoms with Crippen molar-refractivity contribution < 1.29 is 4.74 Å². The summed E-state index contributed by atoms with van der Waals surface area (Å²) in [5.74, 6) is 0. The number of likely N-dealkylation sites (N-methyl/N-ethyl adjacent to an activating group) is 1. The third-order valence-corrected chi connectivity index (χ3v) is 2.99. The third-order valence-electron chi connectivity index (χ3n) is 2.26. The summed E-state index contributed by atoms with van der Waals surface area (Å²) in [6.45, 7) is 3.71. The molecule has 1 atom stereocenters. The van der Waals surface area contributed by atoms with Gasteiger partial charge in [0.1, 0.15) is 0 Å². The molecule has 0 amide bonds. The van der Waals surface area contributed by atoms with E-state index in [0.29, 0.717) is 0 Å². The lowest BCUT2D eigenvalue weighted by Gasteiger charge is -2.29. The van der Waals surface area contributed by atoms with Crippen LogP contribution in [0.1, 0.15) is 0 Å². The van der Waals surface area contributed by atoms with Gasteiger partial charge < -0.3 is 15.0 Å². The summed E-state index contributed by atoms with van der Waals surface area (Å²) in [4.78, 5) is 6.45. The van der Waals surface area contributed by atoms with Gasteiger partial charge in [0.2, 0.25) is 0 Å². The summed E-state index contributed by atoms with van der Waals surface area (Å²) in [7, 11) is 2.12. The van der Waals surface area contributed by atoms with E-state index in [9.17, 15) is 0 Å². The highest BCUT2D eigenvalue weighted by molar-refractivity contribution is 7.13. The Bertz CT molecular complexity index is 265. The van der Waals surface area contributed by atoms with Gasteiger partial charge in [-0.25, -0.2) is 4.98 Å². The number of rotatable bonds is 3. The minimum absolute atomic E-state index is 0.289. The summed E-state index contributed by atoms with van der Waals surface area (Å²) in [5, 5.41) is 6.21. The van der Waals surface area contributed by atoms with Gasteiger partial charge in [-0.3, -0.25) is 0 Å². The summed E-state index contributed by atoms with van der Waals surface area (Å²) in [5.41, 5.74) is 0. The molecular formula is C9H15N3OS. The van der Waals surface area contributed by atoms with Gasteiger partial charge in [-0.1, -0.05) is 0 Å². The van der Waals surface area contributed by atoms with Gasteiger partial charge in [0.25, 0.3) is 0 Å². The predicted molar refractivity (Wildman–Crippen MR) is 57.8 cm³/mol. The topological polar surface area (TPSA) is 37.4 Å². The van der Waals surface area contributed by atoms with Crippen molar-refractivity contribution in [3.8, 4) is 0 Å². The number of hydrogen-bond donors (Lipinski definition) is 1. The minimum atomic E-state index is 0.289. The number of anilines is 1. The molecule has 78 valence electrons. The van der Waals surface area contributed by atoms with E-state index >= 15 is 0 Å². The van der Waals surface area contributed by atoms with Gasteiger partial charge in [0.05, 0.1) is 12.7 Å². The van der Waals surface area contributed by atoms with Crippen LogP contribution in [0.25, 0.3) is 0 Å². The highest BCUT2D eigenvalue weighted by atomic mass is 32.1. The second-order valence-electron chi connectivity index (χ2n) is 3.47. The number of thiazole rings is 1. The van der Waals surface area contributed by atoms with Gasteiger partial charge in [0, 0.05) is 31.2 Å².